The molecule has 7 heteroatoms. The number of nitrogens with zero attached hydrogens (tertiary/aromatic N) is 2. The van der Waals surface area contributed by atoms with Crippen molar-refractivity contribution in [2.24, 2.45) is 5.92 Å². The molecule has 1 aromatic rings. The first kappa shape index (κ1) is 19.7. The van der Waals surface area contributed by atoms with Crippen LogP contribution in [0, 0.1) is 5.92 Å². The summed E-state index contributed by atoms with van der Waals surface area (Å²) in [4.78, 5) is 14.1. The highest BCUT2D eigenvalue weighted by Crippen LogP contribution is 2.21. The van der Waals surface area contributed by atoms with Crippen molar-refractivity contribution in [2.75, 3.05) is 32.8 Å². The van der Waals surface area contributed by atoms with E-state index in [0.717, 1.165) is 6.42 Å². The topological polar surface area (TPSA) is 66.9 Å². The first-order chi connectivity index (χ1) is 11.8. The maximum Gasteiger partial charge on any atom is 0.243 e. The number of hydrogen-bond acceptors (Lipinski definition) is 4. The molecule has 1 aliphatic rings. The van der Waals surface area contributed by atoms with Gasteiger partial charge in [-0.25, -0.2) is 8.42 Å². The largest absolute Gasteiger partial charge is 0.494 e. The lowest BCUT2D eigenvalue weighted by Gasteiger charge is -2.34. The molecule has 1 heterocycles. The third kappa shape index (κ3) is 5.19. The second kappa shape index (κ2) is 8.67. The van der Waals surface area contributed by atoms with Gasteiger partial charge in [0.25, 0.3) is 0 Å². The minimum atomic E-state index is -3.53. The number of amides is 1. The highest BCUT2D eigenvalue weighted by molar-refractivity contribution is 7.89. The van der Waals surface area contributed by atoms with Crippen LogP contribution in [0.15, 0.2) is 29.2 Å². The van der Waals surface area contributed by atoms with Crippen LogP contribution in [0.25, 0.3) is 0 Å². The monoisotopic (exact) mass is 368 g/mol. The molecule has 1 amide bonds. The standard InChI is InChI=1S/C18H28N2O4S/c1-4-13-24-16-5-7-17(8-6-16)25(22,23)20-11-9-19(10-12-20)18(21)14-15(2)3/h5-8,15H,4,9-14H2,1-3H3. The summed E-state index contributed by atoms with van der Waals surface area (Å²) in [5.41, 5.74) is 0. The molecular weight excluding hydrogens is 340 g/mol. The lowest BCUT2D eigenvalue weighted by atomic mass is 10.1. The Bertz CT molecular complexity index is 663. The van der Waals surface area contributed by atoms with Gasteiger partial charge in [-0.1, -0.05) is 20.8 Å². The van der Waals surface area contributed by atoms with Crippen molar-refractivity contribution in [1.82, 2.24) is 9.21 Å². The smallest absolute Gasteiger partial charge is 0.243 e. The van der Waals surface area contributed by atoms with Crippen molar-refractivity contribution in [1.29, 1.82) is 0 Å². The van der Waals surface area contributed by atoms with Crippen LogP contribution in [0.4, 0.5) is 0 Å². The van der Waals surface area contributed by atoms with E-state index < -0.39 is 10.0 Å². The lowest BCUT2D eigenvalue weighted by Crippen LogP contribution is -2.50. The number of piperazine rings is 1. The quantitative estimate of drug-likeness (QED) is 0.741. The average molecular weight is 368 g/mol. The normalized spacial score (nSPS) is 16.2. The SMILES string of the molecule is CCCOc1ccc(S(=O)(=O)N2CCN(C(=O)CC(C)C)CC2)cc1. The molecule has 6 nitrogen and oxygen atoms in total. The molecule has 25 heavy (non-hydrogen) atoms. The van der Waals surface area contributed by atoms with E-state index in [1.165, 1.54) is 4.31 Å². The van der Waals surface area contributed by atoms with Gasteiger partial charge >= 0.3 is 0 Å². The molecule has 140 valence electrons. The summed E-state index contributed by atoms with van der Waals surface area (Å²) < 4.78 is 32.4. The number of benzene rings is 1. The molecule has 2 rings (SSSR count). The van der Waals surface area contributed by atoms with Gasteiger partial charge in [0.05, 0.1) is 11.5 Å². The molecule has 0 atom stereocenters. The maximum absolute atomic E-state index is 12.7. The highest BCUT2D eigenvalue weighted by atomic mass is 32.2. The highest BCUT2D eigenvalue weighted by Gasteiger charge is 2.30. The van der Waals surface area contributed by atoms with Crippen LogP contribution in [-0.4, -0.2) is 56.3 Å². The molecule has 0 spiro atoms. The summed E-state index contributed by atoms with van der Waals surface area (Å²) in [5.74, 6) is 1.08. The third-order valence-electron chi connectivity index (χ3n) is 4.11. The van der Waals surface area contributed by atoms with E-state index in [2.05, 4.69) is 0 Å². The number of ether oxygens (including phenoxy) is 1. The zero-order valence-corrected chi connectivity index (χ0v) is 16.1. The minimum Gasteiger partial charge on any atom is -0.494 e. The molecule has 0 aliphatic carbocycles. The van der Waals surface area contributed by atoms with Crippen LogP contribution >= 0.6 is 0 Å². The molecule has 1 aromatic carbocycles. The Morgan fingerprint density at radius 2 is 1.72 bits per heavy atom. The first-order valence-electron chi connectivity index (χ1n) is 8.85. The minimum absolute atomic E-state index is 0.101. The third-order valence-corrected chi connectivity index (χ3v) is 6.02. The van der Waals surface area contributed by atoms with Gasteiger partial charge in [-0.15, -0.1) is 0 Å². The summed E-state index contributed by atoms with van der Waals surface area (Å²) >= 11 is 0. The number of rotatable bonds is 7. The molecular formula is C18H28N2O4S. The Hall–Kier alpha value is -1.60. The Balaban J connectivity index is 1.98. The molecule has 1 aliphatic heterocycles. The summed E-state index contributed by atoms with van der Waals surface area (Å²) in [6.45, 7) is 8.20. The fraction of sp³-hybridized carbons (Fsp3) is 0.611. The van der Waals surface area contributed by atoms with Crippen molar-refractivity contribution in [3.8, 4) is 5.75 Å². The van der Waals surface area contributed by atoms with Crippen LogP contribution in [0.5, 0.6) is 5.75 Å². The Labute approximate surface area is 150 Å². The van der Waals surface area contributed by atoms with Gasteiger partial charge in [0.15, 0.2) is 0 Å². The van der Waals surface area contributed by atoms with Gasteiger partial charge in [0.1, 0.15) is 5.75 Å². The second-order valence-corrected chi connectivity index (χ2v) is 8.64. The molecule has 1 fully saturated rings. The van der Waals surface area contributed by atoms with Crippen molar-refractivity contribution in [2.45, 2.75) is 38.5 Å². The fourth-order valence-corrected chi connectivity index (χ4v) is 4.16. The van der Waals surface area contributed by atoms with Gasteiger partial charge in [-0.2, -0.15) is 4.31 Å². The van der Waals surface area contributed by atoms with Crippen LogP contribution < -0.4 is 4.74 Å². The summed E-state index contributed by atoms with van der Waals surface area (Å²) in [6, 6.07) is 6.53. The number of carbonyl (C=O) groups excluding carboxylic acids is 1. The molecule has 0 unspecified atom stereocenters. The fourth-order valence-electron chi connectivity index (χ4n) is 2.73. The molecule has 0 bridgehead atoms. The molecule has 0 aromatic heterocycles. The molecule has 0 radical (unpaired) electrons. The number of hydrogen-bond donors (Lipinski definition) is 0. The summed E-state index contributed by atoms with van der Waals surface area (Å²) in [5, 5.41) is 0. The molecule has 1 saturated heterocycles. The van der Waals surface area contributed by atoms with Gasteiger partial charge in [-0.05, 0) is 36.6 Å². The summed E-state index contributed by atoms with van der Waals surface area (Å²) in [6.07, 6.45) is 1.41. The van der Waals surface area contributed by atoms with E-state index in [4.69, 9.17) is 4.74 Å². The zero-order valence-electron chi connectivity index (χ0n) is 15.3. The Morgan fingerprint density at radius 1 is 1.12 bits per heavy atom. The number of sulfonamides is 1. The van der Waals surface area contributed by atoms with E-state index in [1.54, 1.807) is 29.2 Å². The van der Waals surface area contributed by atoms with E-state index in [0.29, 0.717) is 50.9 Å². The predicted molar refractivity (Wildman–Crippen MR) is 97.0 cm³/mol. The van der Waals surface area contributed by atoms with Crippen molar-refractivity contribution >= 4 is 15.9 Å². The predicted octanol–water partition coefficient (Wildman–Crippen LogP) is 2.35. The lowest BCUT2D eigenvalue weighted by molar-refractivity contribution is -0.133. The van der Waals surface area contributed by atoms with Crippen molar-refractivity contribution in [3.05, 3.63) is 24.3 Å². The summed E-state index contributed by atoms with van der Waals surface area (Å²) in [7, 11) is -3.53. The first-order valence-corrected chi connectivity index (χ1v) is 10.3. The van der Waals surface area contributed by atoms with Crippen LogP contribution in [0.2, 0.25) is 0 Å². The molecule has 0 saturated carbocycles. The van der Waals surface area contributed by atoms with Gasteiger partial charge in [-0.3, -0.25) is 4.79 Å². The van der Waals surface area contributed by atoms with E-state index in [9.17, 15) is 13.2 Å². The van der Waals surface area contributed by atoms with Crippen LogP contribution in [0.3, 0.4) is 0 Å². The average Bonchev–Trinajstić information content (AvgIpc) is 2.60. The van der Waals surface area contributed by atoms with Crippen LogP contribution in [-0.2, 0) is 14.8 Å². The Kier molecular flexibility index (Phi) is 6.84. The van der Waals surface area contributed by atoms with E-state index in [-0.39, 0.29) is 10.8 Å². The maximum atomic E-state index is 12.7. The zero-order chi connectivity index (χ0) is 18.4. The van der Waals surface area contributed by atoms with Crippen molar-refractivity contribution < 1.29 is 17.9 Å². The molecule has 0 N–H and O–H groups in total. The van der Waals surface area contributed by atoms with E-state index >= 15 is 0 Å². The second-order valence-electron chi connectivity index (χ2n) is 6.70. The Morgan fingerprint density at radius 3 is 2.24 bits per heavy atom. The van der Waals surface area contributed by atoms with Gasteiger partial charge < -0.3 is 9.64 Å². The van der Waals surface area contributed by atoms with Gasteiger partial charge in [0.2, 0.25) is 15.9 Å². The van der Waals surface area contributed by atoms with Crippen molar-refractivity contribution in [3.63, 3.8) is 0 Å². The van der Waals surface area contributed by atoms with Gasteiger partial charge in [0, 0.05) is 32.6 Å². The van der Waals surface area contributed by atoms with E-state index in [1.807, 2.05) is 20.8 Å². The number of carbonyl (C=O) groups is 1. The van der Waals surface area contributed by atoms with Crippen LogP contribution in [0.1, 0.15) is 33.6 Å².